The number of amides is 1. The van der Waals surface area contributed by atoms with Crippen molar-refractivity contribution in [1.82, 2.24) is 9.21 Å². The number of carbonyl (C=O) groups excluding carboxylic acids is 1. The van der Waals surface area contributed by atoms with Crippen LogP contribution < -0.4 is 0 Å². The minimum absolute atomic E-state index is 0.0615. The molecule has 7 heteroatoms. The molecule has 0 atom stereocenters. The van der Waals surface area contributed by atoms with Gasteiger partial charge in [0.05, 0.1) is 12.3 Å². The van der Waals surface area contributed by atoms with Crippen LogP contribution in [0.2, 0.25) is 0 Å². The minimum Gasteiger partial charge on any atom is -0.340 e. The van der Waals surface area contributed by atoms with E-state index in [2.05, 4.69) is 13.0 Å². The number of sulfonamides is 1. The maximum absolute atomic E-state index is 12.5. The minimum atomic E-state index is -3.13. The topological polar surface area (TPSA) is 57.7 Å². The average Bonchev–Trinajstić information content (AvgIpc) is 2.91. The number of hydrogen-bond acceptors (Lipinski definition) is 4. The lowest BCUT2D eigenvalue weighted by Gasteiger charge is -2.32. The summed E-state index contributed by atoms with van der Waals surface area (Å²) in [5, 5.41) is 2.04. The van der Waals surface area contributed by atoms with Crippen molar-refractivity contribution in [2.45, 2.75) is 33.2 Å². The number of rotatable bonds is 5. The lowest BCUT2D eigenvalue weighted by atomic mass is 9.96. The Balaban J connectivity index is 1.91. The molecule has 0 saturated carbocycles. The zero-order chi connectivity index (χ0) is 16.3. The van der Waals surface area contributed by atoms with E-state index < -0.39 is 10.0 Å². The van der Waals surface area contributed by atoms with Crippen LogP contribution in [0.25, 0.3) is 0 Å². The zero-order valence-corrected chi connectivity index (χ0v) is 15.0. The molecule has 1 amide bonds. The third kappa shape index (κ3) is 3.88. The Labute approximate surface area is 137 Å². The van der Waals surface area contributed by atoms with Crippen molar-refractivity contribution in [1.29, 1.82) is 0 Å². The summed E-state index contributed by atoms with van der Waals surface area (Å²) in [4.78, 5) is 15.5. The van der Waals surface area contributed by atoms with Gasteiger partial charge in [0.1, 0.15) is 0 Å². The highest BCUT2D eigenvalue weighted by Gasteiger charge is 2.31. The van der Waals surface area contributed by atoms with Crippen LogP contribution in [0, 0.1) is 12.8 Å². The number of carbonyl (C=O) groups is 1. The van der Waals surface area contributed by atoms with Crippen LogP contribution in [0.15, 0.2) is 11.4 Å². The van der Waals surface area contributed by atoms with Gasteiger partial charge >= 0.3 is 0 Å². The average molecular weight is 345 g/mol. The van der Waals surface area contributed by atoms with Gasteiger partial charge in [0.25, 0.3) is 0 Å². The molecule has 2 rings (SSSR count). The second-order valence-corrected chi connectivity index (χ2v) is 9.05. The maximum atomic E-state index is 12.5. The van der Waals surface area contributed by atoms with E-state index in [9.17, 15) is 13.2 Å². The molecule has 1 aromatic heterocycles. The van der Waals surface area contributed by atoms with Crippen LogP contribution in [-0.2, 0) is 21.4 Å². The Morgan fingerprint density at radius 2 is 2.05 bits per heavy atom. The van der Waals surface area contributed by atoms with Crippen molar-refractivity contribution in [3.8, 4) is 0 Å². The summed E-state index contributed by atoms with van der Waals surface area (Å²) in [6.07, 6.45) is 1.23. The van der Waals surface area contributed by atoms with E-state index in [1.807, 2.05) is 12.4 Å². The fourth-order valence-electron chi connectivity index (χ4n) is 2.73. The summed E-state index contributed by atoms with van der Waals surface area (Å²) in [5.41, 5.74) is 1.22. The Morgan fingerprint density at radius 3 is 2.55 bits per heavy atom. The lowest BCUT2D eigenvalue weighted by molar-refractivity contribution is -0.135. The molecule has 2 heterocycles. The summed E-state index contributed by atoms with van der Waals surface area (Å²) in [6.45, 7) is 5.26. The van der Waals surface area contributed by atoms with Gasteiger partial charge in [-0.3, -0.25) is 4.79 Å². The van der Waals surface area contributed by atoms with Crippen LogP contribution in [0.4, 0.5) is 0 Å². The summed E-state index contributed by atoms with van der Waals surface area (Å²) < 4.78 is 25.2. The molecular weight excluding hydrogens is 320 g/mol. The van der Waals surface area contributed by atoms with Gasteiger partial charge in [-0.25, -0.2) is 12.7 Å². The van der Waals surface area contributed by atoms with E-state index in [0.717, 1.165) is 0 Å². The molecule has 0 unspecified atom stereocenters. The normalized spacial score (nSPS) is 17.6. The molecule has 5 nitrogen and oxygen atoms in total. The van der Waals surface area contributed by atoms with Crippen LogP contribution in [-0.4, -0.2) is 49.4 Å². The first-order valence-electron chi connectivity index (χ1n) is 7.61. The first kappa shape index (κ1) is 17.4. The first-order valence-corrected chi connectivity index (χ1v) is 10.1. The van der Waals surface area contributed by atoms with Gasteiger partial charge in [-0.2, -0.15) is 0 Å². The molecule has 0 spiro atoms. The largest absolute Gasteiger partial charge is 0.340 e. The SMILES string of the molecule is CCS(=O)(=O)N1CCC(C(=O)N(C)Cc2sccc2C)CC1. The fraction of sp³-hybridized carbons (Fsp3) is 0.667. The molecule has 22 heavy (non-hydrogen) atoms. The van der Waals surface area contributed by atoms with E-state index in [-0.39, 0.29) is 17.6 Å². The summed E-state index contributed by atoms with van der Waals surface area (Å²) in [7, 11) is -1.30. The number of nitrogens with zero attached hydrogens (tertiary/aromatic N) is 2. The van der Waals surface area contributed by atoms with Gasteiger partial charge in [0.2, 0.25) is 15.9 Å². The van der Waals surface area contributed by atoms with Gasteiger partial charge in [-0.05, 0) is 43.7 Å². The zero-order valence-electron chi connectivity index (χ0n) is 13.4. The van der Waals surface area contributed by atoms with Crippen molar-refractivity contribution in [3.63, 3.8) is 0 Å². The maximum Gasteiger partial charge on any atom is 0.225 e. The number of thiophene rings is 1. The third-order valence-electron chi connectivity index (χ3n) is 4.29. The van der Waals surface area contributed by atoms with Crippen LogP contribution >= 0.6 is 11.3 Å². The molecule has 124 valence electrons. The second kappa shape index (κ2) is 7.10. The molecule has 0 bridgehead atoms. The molecule has 0 aromatic carbocycles. The Hall–Kier alpha value is -0.920. The smallest absolute Gasteiger partial charge is 0.225 e. The highest BCUT2D eigenvalue weighted by Crippen LogP contribution is 2.23. The van der Waals surface area contributed by atoms with Crippen molar-refractivity contribution >= 4 is 27.3 Å². The van der Waals surface area contributed by atoms with Crippen LogP contribution in [0.3, 0.4) is 0 Å². The van der Waals surface area contributed by atoms with Gasteiger partial charge in [-0.15, -0.1) is 11.3 Å². The molecule has 1 saturated heterocycles. The predicted molar refractivity (Wildman–Crippen MR) is 89.3 cm³/mol. The van der Waals surface area contributed by atoms with E-state index in [0.29, 0.717) is 32.5 Å². The van der Waals surface area contributed by atoms with Crippen molar-refractivity contribution in [3.05, 3.63) is 21.9 Å². The third-order valence-corrected chi connectivity index (χ3v) is 7.18. The highest BCUT2D eigenvalue weighted by atomic mass is 32.2. The van der Waals surface area contributed by atoms with Gasteiger partial charge < -0.3 is 4.90 Å². The second-order valence-electron chi connectivity index (χ2n) is 5.79. The van der Waals surface area contributed by atoms with E-state index in [1.54, 1.807) is 23.2 Å². The monoisotopic (exact) mass is 344 g/mol. The number of piperidine rings is 1. The van der Waals surface area contributed by atoms with Gasteiger partial charge in [-0.1, -0.05) is 0 Å². The highest BCUT2D eigenvalue weighted by molar-refractivity contribution is 7.89. The lowest BCUT2D eigenvalue weighted by Crippen LogP contribution is -2.43. The Bertz CT molecular complexity index is 616. The first-order chi connectivity index (χ1) is 10.3. The molecule has 1 aliphatic heterocycles. The quantitative estimate of drug-likeness (QED) is 0.822. The van der Waals surface area contributed by atoms with Crippen molar-refractivity contribution in [2.24, 2.45) is 5.92 Å². The number of hydrogen-bond donors (Lipinski definition) is 0. The molecule has 1 fully saturated rings. The van der Waals surface area contributed by atoms with Crippen LogP contribution in [0.5, 0.6) is 0 Å². The fourth-order valence-corrected chi connectivity index (χ4v) is 4.83. The van der Waals surface area contributed by atoms with Crippen molar-refractivity contribution in [2.75, 3.05) is 25.9 Å². The Morgan fingerprint density at radius 1 is 1.41 bits per heavy atom. The molecule has 0 radical (unpaired) electrons. The molecule has 1 aromatic rings. The van der Waals surface area contributed by atoms with E-state index >= 15 is 0 Å². The standard InChI is InChI=1S/C15H24N2O3S2/c1-4-22(19,20)17-8-5-13(6-9-17)15(18)16(3)11-14-12(2)7-10-21-14/h7,10,13H,4-6,8-9,11H2,1-3H3. The number of aryl methyl sites for hydroxylation is 1. The van der Waals surface area contributed by atoms with Crippen molar-refractivity contribution < 1.29 is 13.2 Å². The molecule has 0 aliphatic carbocycles. The van der Waals surface area contributed by atoms with Crippen LogP contribution in [0.1, 0.15) is 30.2 Å². The summed E-state index contributed by atoms with van der Waals surface area (Å²) in [5.74, 6) is 0.193. The predicted octanol–water partition coefficient (Wildman–Crippen LogP) is 2.08. The summed E-state index contributed by atoms with van der Waals surface area (Å²) >= 11 is 1.67. The van der Waals surface area contributed by atoms with Gasteiger partial charge in [0.15, 0.2) is 0 Å². The molecular formula is C15H24N2O3S2. The van der Waals surface area contributed by atoms with E-state index in [1.165, 1.54) is 14.7 Å². The van der Waals surface area contributed by atoms with Gasteiger partial charge in [0, 0.05) is 30.9 Å². The Kier molecular flexibility index (Phi) is 5.63. The molecule has 1 aliphatic rings. The summed E-state index contributed by atoms with van der Waals surface area (Å²) in [6, 6.07) is 2.06. The van der Waals surface area contributed by atoms with E-state index in [4.69, 9.17) is 0 Å². The molecule has 0 N–H and O–H groups in total.